The fourth-order valence-electron chi connectivity index (χ4n) is 1.71. The second-order valence-electron chi connectivity index (χ2n) is 4.00. The van der Waals surface area contributed by atoms with Crippen molar-refractivity contribution in [2.75, 3.05) is 0 Å². The summed E-state index contributed by atoms with van der Waals surface area (Å²) in [5.41, 5.74) is 0.972. The number of aryl methyl sites for hydroxylation is 1. The van der Waals surface area contributed by atoms with Crippen molar-refractivity contribution >= 4 is 17.3 Å². The van der Waals surface area contributed by atoms with Gasteiger partial charge in [0.2, 0.25) is 0 Å². The molecule has 2 atom stereocenters. The van der Waals surface area contributed by atoms with E-state index >= 15 is 0 Å². The summed E-state index contributed by atoms with van der Waals surface area (Å²) in [6.45, 7) is 3.91. The van der Waals surface area contributed by atoms with E-state index in [0.717, 1.165) is 23.3 Å². The Hall–Kier alpha value is -0.870. The number of thiophene rings is 1. The minimum atomic E-state index is -0.909. The van der Waals surface area contributed by atoms with Crippen LogP contribution in [0.3, 0.4) is 0 Å². The molecule has 1 aromatic rings. The van der Waals surface area contributed by atoms with Gasteiger partial charge in [0, 0.05) is 4.88 Å². The van der Waals surface area contributed by atoms with Crippen LogP contribution in [-0.2, 0) is 4.79 Å². The minimum Gasteiger partial charge on any atom is -0.481 e. The molecule has 90 valence electrons. The maximum absolute atomic E-state index is 11.1. The second-order valence-corrected chi connectivity index (χ2v) is 4.95. The monoisotopic (exact) mass is 242 g/mol. The molecular formula is C12H18O3S. The Kier molecular flexibility index (Phi) is 4.96. The van der Waals surface area contributed by atoms with Gasteiger partial charge >= 0.3 is 5.97 Å². The zero-order valence-corrected chi connectivity index (χ0v) is 10.5. The molecule has 0 bridgehead atoms. The van der Waals surface area contributed by atoms with Gasteiger partial charge in [-0.3, -0.25) is 4.79 Å². The lowest BCUT2D eigenvalue weighted by molar-refractivity contribution is -0.146. The average molecular weight is 242 g/mol. The van der Waals surface area contributed by atoms with Crippen LogP contribution in [-0.4, -0.2) is 16.2 Å². The number of unbranched alkanes of at least 4 members (excludes halogenated alkanes) is 1. The van der Waals surface area contributed by atoms with Gasteiger partial charge < -0.3 is 10.2 Å². The molecule has 0 aromatic carbocycles. The number of hydrogen-bond acceptors (Lipinski definition) is 3. The summed E-state index contributed by atoms with van der Waals surface area (Å²) in [5, 5.41) is 21.1. The molecule has 16 heavy (non-hydrogen) atoms. The van der Waals surface area contributed by atoms with Gasteiger partial charge in [0.15, 0.2) is 0 Å². The van der Waals surface area contributed by atoms with Crippen molar-refractivity contribution < 1.29 is 15.0 Å². The lowest BCUT2D eigenvalue weighted by Crippen LogP contribution is -2.21. The molecule has 0 aliphatic heterocycles. The number of aliphatic hydroxyl groups is 1. The van der Waals surface area contributed by atoms with Gasteiger partial charge in [0.1, 0.15) is 6.10 Å². The molecule has 1 rings (SSSR count). The quantitative estimate of drug-likeness (QED) is 0.806. The third-order valence-electron chi connectivity index (χ3n) is 2.74. The summed E-state index contributed by atoms with van der Waals surface area (Å²) >= 11 is 1.42. The molecule has 0 radical (unpaired) electrons. The summed E-state index contributed by atoms with van der Waals surface area (Å²) in [6, 6.07) is 1.90. The van der Waals surface area contributed by atoms with Crippen LogP contribution in [0.2, 0.25) is 0 Å². The van der Waals surface area contributed by atoms with Gasteiger partial charge in [0.05, 0.1) is 5.92 Å². The molecule has 2 unspecified atom stereocenters. The van der Waals surface area contributed by atoms with Gasteiger partial charge in [-0.1, -0.05) is 19.8 Å². The molecule has 0 amide bonds. The fourth-order valence-corrected chi connectivity index (χ4v) is 2.69. The largest absolute Gasteiger partial charge is 0.481 e. The second kappa shape index (κ2) is 6.01. The summed E-state index contributed by atoms with van der Waals surface area (Å²) in [7, 11) is 0. The summed E-state index contributed by atoms with van der Waals surface area (Å²) in [5.74, 6) is -1.59. The SMILES string of the molecule is CCCCC(C(=O)O)C(O)c1sccc1C. The van der Waals surface area contributed by atoms with Gasteiger partial charge in [0.25, 0.3) is 0 Å². The smallest absolute Gasteiger partial charge is 0.309 e. The van der Waals surface area contributed by atoms with E-state index in [1.54, 1.807) is 0 Å². The Morgan fingerprint density at radius 2 is 2.25 bits per heavy atom. The Morgan fingerprint density at radius 1 is 1.56 bits per heavy atom. The maximum atomic E-state index is 11.1. The van der Waals surface area contributed by atoms with Crippen molar-refractivity contribution in [1.82, 2.24) is 0 Å². The highest BCUT2D eigenvalue weighted by Gasteiger charge is 2.28. The Labute approximate surface area is 99.7 Å². The van der Waals surface area contributed by atoms with Crippen molar-refractivity contribution in [3.8, 4) is 0 Å². The first kappa shape index (κ1) is 13.2. The highest BCUT2D eigenvalue weighted by Crippen LogP contribution is 2.32. The topological polar surface area (TPSA) is 57.5 Å². The number of aliphatic carboxylic acids is 1. The standard InChI is InChI=1S/C12H18O3S/c1-3-4-5-9(12(14)15)10(13)11-8(2)6-7-16-11/h6-7,9-10,13H,3-5H2,1-2H3,(H,14,15). The van der Waals surface area contributed by atoms with Crippen molar-refractivity contribution in [1.29, 1.82) is 0 Å². The molecule has 1 aromatic heterocycles. The highest BCUT2D eigenvalue weighted by molar-refractivity contribution is 7.10. The molecule has 0 saturated heterocycles. The van der Waals surface area contributed by atoms with E-state index < -0.39 is 18.0 Å². The van der Waals surface area contributed by atoms with Crippen LogP contribution in [0, 0.1) is 12.8 Å². The van der Waals surface area contributed by atoms with Crippen molar-refractivity contribution in [2.45, 2.75) is 39.2 Å². The number of aliphatic hydroxyl groups excluding tert-OH is 1. The Bertz CT molecular complexity index is 346. The predicted molar refractivity (Wildman–Crippen MR) is 64.7 cm³/mol. The van der Waals surface area contributed by atoms with E-state index in [2.05, 4.69) is 0 Å². The van der Waals surface area contributed by atoms with E-state index in [-0.39, 0.29) is 0 Å². The van der Waals surface area contributed by atoms with Gasteiger partial charge in [-0.05, 0) is 30.4 Å². The highest BCUT2D eigenvalue weighted by atomic mass is 32.1. The number of hydrogen-bond donors (Lipinski definition) is 2. The van der Waals surface area contributed by atoms with Crippen LogP contribution in [0.25, 0.3) is 0 Å². The van der Waals surface area contributed by atoms with Crippen molar-refractivity contribution in [3.63, 3.8) is 0 Å². The number of rotatable bonds is 6. The van der Waals surface area contributed by atoms with Crippen LogP contribution in [0.5, 0.6) is 0 Å². The number of carbonyl (C=O) groups is 1. The zero-order chi connectivity index (χ0) is 12.1. The molecular weight excluding hydrogens is 224 g/mol. The van der Waals surface area contributed by atoms with E-state index in [4.69, 9.17) is 5.11 Å². The summed E-state index contributed by atoms with van der Waals surface area (Å²) in [4.78, 5) is 11.9. The molecule has 0 aliphatic carbocycles. The van der Waals surface area contributed by atoms with Gasteiger partial charge in [-0.2, -0.15) is 0 Å². The third-order valence-corrected chi connectivity index (χ3v) is 3.83. The number of carboxylic acids is 1. The lowest BCUT2D eigenvalue weighted by atomic mass is 9.94. The van der Waals surface area contributed by atoms with Crippen LogP contribution in [0.1, 0.15) is 42.7 Å². The lowest BCUT2D eigenvalue weighted by Gasteiger charge is -2.18. The molecule has 0 spiro atoms. The van der Waals surface area contributed by atoms with Gasteiger partial charge in [-0.15, -0.1) is 11.3 Å². The van der Waals surface area contributed by atoms with Crippen LogP contribution in [0.4, 0.5) is 0 Å². The van der Waals surface area contributed by atoms with Crippen LogP contribution in [0.15, 0.2) is 11.4 Å². The van der Waals surface area contributed by atoms with Crippen LogP contribution >= 0.6 is 11.3 Å². The van der Waals surface area contributed by atoms with E-state index in [0.29, 0.717) is 6.42 Å². The van der Waals surface area contributed by atoms with Crippen molar-refractivity contribution in [3.05, 3.63) is 21.9 Å². The fraction of sp³-hybridized carbons (Fsp3) is 0.583. The molecule has 0 aliphatic rings. The first-order chi connectivity index (χ1) is 7.57. The molecule has 0 saturated carbocycles. The van der Waals surface area contributed by atoms with Crippen LogP contribution < -0.4 is 0 Å². The normalized spacial score (nSPS) is 14.7. The van der Waals surface area contributed by atoms with E-state index in [1.165, 1.54) is 11.3 Å². The molecule has 4 heteroatoms. The first-order valence-corrected chi connectivity index (χ1v) is 6.40. The predicted octanol–water partition coefficient (Wildman–Crippen LogP) is 2.98. The Balaban J connectivity index is 2.78. The van der Waals surface area contributed by atoms with Crippen molar-refractivity contribution in [2.24, 2.45) is 5.92 Å². The van der Waals surface area contributed by atoms with Gasteiger partial charge in [-0.25, -0.2) is 0 Å². The maximum Gasteiger partial charge on any atom is 0.309 e. The molecule has 0 fully saturated rings. The third kappa shape index (κ3) is 3.06. The van der Waals surface area contributed by atoms with E-state index in [1.807, 2.05) is 25.3 Å². The molecule has 2 N–H and O–H groups in total. The molecule has 3 nitrogen and oxygen atoms in total. The Morgan fingerprint density at radius 3 is 2.69 bits per heavy atom. The summed E-state index contributed by atoms with van der Waals surface area (Å²) < 4.78 is 0. The summed E-state index contributed by atoms with van der Waals surface area (Å²) in [6.07, 6.45) is 1.44. The number of carboxylic acid groups (broad SMARTS) is 1. The first-order valence-electron chi connectivity index (χ1n) is 5.52. The molecule has 1 heterocycles. The zero-order valence-electron chi connectivity index (χ0n) is 9.64. The average Bonchev–Trinajstić information content (AvgIpc) is 2.64. The minimum absolute atomic E-state index is 0.532. The van der Waals surface area contributed by atoms with E-state index in [9.17, 15) is 9.90 Å².